The first kappa shape index (κ1) is 15.6. The Labute approximate surface area is 125 Å². The number of nitrogens with zero attached hydrogens (tertiary/aromatic N) is 1. The molecule has 0 bridgehead atoms. The summed E-state index contributed by atoms with van der Waals surface area (Å²) in [5, 5.41) is 14.1. The van der Waals surface area contributed by atoms with Crippen LogP contribution < -0.4 is 10.1 Å². The molecule has 5 nitrogen and oxygen atoms in total. The van der Waals surface area contributed by atoms with Crippen LogP contribution in [-0.2, 0) is 0 Å². The van der Waals surface area contributed by atoms with Gasteiger partial charge in [-0.15, -0.1) is 0 Å². The zero-order chi connectivity index (χ0) is 15.5. The molecule has 1 N–H and O–H groups in total. The molecule has 1 saturated carbocycles. The van der Waals surface area contributed by atoms with Crippen LogP contribution in [0.2, 0.25) is 0 Å². The van der Waals surface area contributed by atoms with Gasteiger partial charge in [0, 0.05) is 24.4 Å². The fourth-order valence-electron chi connectivity index (χ4n) is 2.75. The number of hydrogen-bond acceptors (Lipinski definition) is 4. The van der Waals surface area contributed by atoms with Crippen LogP contribution >= 0.6 is 0 Å². The van der Waals surface area contributed by atoms with Gasteiger partial charge in [0.05, 0.1) is 17.1 Å². The van der Waals surface area contributed by atoms with Gasteiger partial charge < -0.3 is 10.1 Å². The second kappa shape index (κ2) is 6.33. The van der Waals surface area contributed by atoms with Gasteiger partial charge in [-0.2, -0.15) is 0 Å². The Balaban J connectivity index is 2.10. The summed E-state index contributed by atoms with van der Waals surface area (Å²) in [5.74, 6) is 0.588. The monoisotopic (exact) mass is 292 g/mol. The molecule has 1 aliphatic rings. The normalized spacial score (nSPS) is 18.2. The van der Waals surface area contributed by atoms with Crippen molar-refractivity contribution in [3.8, 4) is 5.75 Å². The van der Waals surface area contributed by atoms with Crippen LogP contribution in [0.5, 0.6) is 5.75 Å². The molecular formula is C16H24N2O3. The lowest BCUT2D eigenvalue weighted by Gasteiger charge is -2.34. The van der Waals surface area contributed by atoms with Crippen molar-refractivity contribution in [3.63, 3.8) is 0 Å². The number of anilines is 1. The second-order valence-corrected chi connectivity index (χ2v) is 6.48. The number of benzene rings is 1. The predicted molar refractivity (Wildman–Crippen MR) is 83.9 cm³/mol. The van der Waals surface area contributed by atoms with E-state index in [1.807, 2.05) is 13.0 Å². The van der Waals surface area contributed by atoms with E-state index in [9.17, 15) is 10.1 Å². The highest BCUT2D eigenvalue weighted by atomic mass is 16.6. The zero-order valence-corrected chi connectivity index (χ0v) is 13.0. The summed E-state index contributed by atoms with van der Waals surface area (Å²) in [6, 6.07) is 4.90. The van der Waals surface area contributed by atoms with Gasteiger partial charge in [-0.25, -0.2) is 0 Å². The third-order valence-electron chi connectivity index (χ3n) is 4.07. The van der Waals surface area contributed by atoms with Gasteiger partial charge in [0.2, 0.25) is 0 Å². The molecule has 1 aliphatic carbocycles. The number of non-ortho nitro benzene ring substituents is 1. The minimum absolute atomic E-state index is 0.0691. The number of hydrogen-bond donors (Lipinski definition) is 1. The van der Waals surface area contributed by atoms with E-state index in [1.165, 1.54) is 6.07 Å². The zero-order valence-electron chi connectivity index (χ0n) is 13.0. The maximum atomic E-state index is 11.0. The minimum atomic E-state index is -0.377. The lowest BCUT2D eigenvalue weighted by molar-refractivity contribution is -0.384. The summed E-state index contributed by atoms with van der Waals surface area (Å²) in [6.45, 7) is 7.24. The summed E-state index contributed by atoms with van der Waals surface area (Å²) >= 11 is 0. The summed E-state index contributed by atoms with van der Waals surface area (Å²) in [6.07, 6.45) is 4.44. The van der Waals surface area contributed by atoms with Crippen molar-refractivity contribution in [2.24, 2.45) is 5.41 Å². The highest BCUT2D eigenvalue weighted by Gasteiger charge is 2.28. The van der Waals surface area contributed by atoms with Crippen LogP contribution in [0.15, 0.2) is 18.2 Å². The van der Waals surface area contributed by atoms with E-state index in [2.05, 4.69) is 19.2 Å². The van der Waals surface area contributed by atoms with Gasteiger partial charge in [0.25, 0.3) is 5.69 Å². The second-order valence-electron chi connectivity index (χ2n) is 6.48. The highest BCUT2D eigenvalue weighted by Crippen LogP contribution is 2.37. The van der Waals surface area contributed by atoms with Gasteiger partial charge >= 0.3 is 0 Å². The van der Waals surface area contributed by atoms with Crippen molar-refractivity contribution >= 4 is 11.4 Å². The molecule has 0 atom stereocenters. The molecule has 0 amide bonds. The Morgan fingerprint density at radius 3 is 2.57 bits per heavy atom. The lowest BCUT2D eigenvalue weighted by Crippen LogP contribution is -2.28. The van der Waals surface area contributed by atoms with E-state index >= 15 is 0 Å². The lowest BCUT2D eigenvalue weighted by atomic mass is 9.76. The van der Waals surface area contributed by atoms with Gasteiger partial charge in [0.15, 0.2) is 0 Å². The molecule has 0 unspecified atom stereocenters. The van der Waals surface area contributed by atoms with Gasteiger partial charge in [-0.3, -0.25) is 10.1 Å². The average molecular weight is 292 g/mol. The largest absolute Gasteiger partial charge is 0.490 e. The van der Waals surface area contributed by atoms with E-state index in [0.29, 0.717) is 11.2 Å². The maximum Gasteiger partial charge on any atom is 0.275 e. The van der Waals surface area contributed by atoms with Gasteiger partial charge in [0.1, 0.15) is 5.75 Å². The first-order valence-corrected chi connectivity index (χ1v) is 7.59. The topological polar surface area (TPSA) is 64.4 Å². The van der Waals surface area contributed by atoms with Crippen LogP contribution in [0.1, 0.15) is 46.5 Å². The van der Waals surface area contributed by atoms with Crippen LogP contribution in [0.3, 0.4) is 0 Å². The third kappa shape index (κ3) is 4.34. The third-order valence-corrected chi connectivity index (χ3v) is 4.07. The highest BCUT2D eigenvalue weighted by molar-refractivity contribution is 5.56. The minimum Gasteiger partial charge on any atom is -0.490 e. The Kier molecular flexibility index (Phi) is 4.70. The van der Waals surface area contributed by atoms with E-state index in [1.54, 1.807) is 6.07 Å². The molecule has 0 saturated heterocycles. The average Bonchev–Trinajstić information content (AvgIpc) is 2.41. The Morgan fingerprint density at radius 1 is 1.33 bits per heavy atom. The van der Waals surface area contributed by atoms with Crippen molar-refractivity contribution in [2.45, 2.75) is 52.6 Å². The number of ether oxygens (including phenoxy) is 1. The molecule has 1 aromatic rings. The fraction of sp³-hybridized carbons (Fsp3) is 0.625. The fourth-order valence-corrected chi connectivity index (χ4v) is 2.75. The van der Waals surface area contributed by atoms with E-state index in [-0.39, 0.29) is 16.7 Å². The predicted octanol–water partition coefficient (Wildman–Crippen LogP) is 4.37. The number of nitro groups is 1. The van der Waals surface area contributed by atoms with Crippen LogP contribution in [0.4, 0.5) is 11.4 Å². The van der Waals surface area contributed by atoms with Gasteiger partial charge in [-0.05, 0) is 38.0 Å². The Morgan fingerprint density at radius 2 is 2.00 bits per heavy atom. The van der Waals surface area contributed by atoms with Crippen LogP contribution in [-0.4, -0.2) is 17.6 Å². The molecule has 0 radical (unpaired) electrons. The summed E-state index contributed by atoms with van der Waals surface area (Å²) in [7, 11) is 0. The summed E-state index contributed by atoms with van der Waals surface area (Å²) < 4.78 is 5.98. The number of nitrogens with one attached hydrogen (secondary N) is 1. The Bertz CT molecular complexity index is 504. The van der Waals surface area contributed by atoms with Crippen LogP contribution in [0.25, 0.3) is 0 Å². The van der Waals surface area contributed by atoms with Crippen molar-refractivity contribution in [2.75, 3.05) is 11.9 Å². The molecule has 0 aromatic heterocycles. The smallest absolute Gasteiger partial charge is 0.275 e. The SMILES string of the molecule is CCNc1cc(OC2CCC(C)(C)CC2)cc([N+](=O)[O-])c1. The molecule has 1 aromatic carbocycles. The molecule has 21 heavy (non-hydrogen) atoms. The molecule has 0 heterocycles. The first-order valence-electron chi connectivity index (χ1n) is 7.59. The Hall–Kier alpha value is -1.78. The van der Waals surface area contributed by atoms with Gasteiger partial charge in [-0.1, -0.05) is 13.8 Å². The van der Waals surface area contributed by atoms with Crippen molar-refractivity contribution in [3.05, 3.63) is 28.3 Å². The van der Waals surface area contributed by atoms with E-state index in [0.717, 1.165) is 37.9 Å². The van der Waals surface area contributed by atoms with Crippen molar-refractivity contribution in [1.29, 1.82) is 0 Å². The number of rotatable bonds is 5. The standard InChI is InChI=1S/C16H24N2O3/c1-4-17-12-9-13(18(19)20)11-15(10-12)21-14-5-7-16(2,3)8-6-14/h9-11,14,17H,4-8H2,1-3H3. The molecule has 0 aliphatic heterocycles. The molecule has 116 valence electrons. The molecule has 1 fully saturated rings. The van der Waals surface area contributed by atoms with Crippen molar-refractivity contribution < 1.29 is 9.66 Å². The first-order chi connectivity index (χ1) is 9.89. The maximum absolute atomic E-state index is 11.0. The quantitative estimate of drug-likeness (QED) is 0.646. The van der Waals surface area contributed by atoms with Crippen LogP contribution in [0, 0.1) is 15.5 Å². The molecule has 2 rings (SSSR count). The number of nitro benzene ring substituents is 1. The molecule has 0 spiro atoms. The van der Waals surface area contributed by atoms with E-state index < -0.39 is 0 Å². The molecule has 5 heteroatoms. The van der Waals surface area contributed by atoms with Crippen molar-refractivity contribution in [1.82, 2.24) is 0 Å². The van der Waals surface area contributed by atoms with E-state index in [4.69, 9.17) is 4.74 Å². The summed E-state index contributed by atoms with van der Waals surface area (Å²) in [5.41, 5.74) is 1.19. The molecular weight excluding hydrogens is 268 g/mol. The summed E-state index contributed by atoms with van der Waals surface area (Å²) in [4.78, 5) is 10.6.